The van der Waals surface area contributed by atoms with Gasteiger partial charge in [0.15, 0.2) is 0 Å². The first-order valence-corrected chi connectivity index (χ1v) is 12.8. The fourth-order valence-electron chi connectivity index (χ4n) is 4.47. The summed E-state index contributed by atoms with van der Waals surface area (Å²) in [6.45, 7) is 7.24. The topological polar surface area (TPSA) is 93.1 Å². The number of methoxy groups -OCH3 is 1. The number of rotatable bonds is 7. The molecule has 1 aliphatic heterocycles. The zero-order valence-corrected chi connectivity index (χ0v) is 22.2. The molecule has 3 aromatic rings. The summed E-state index contributed by atoms with van der Waals surface area (Å²) in [4.78, 5) is 40.9. The molecule has 7 nitrogen and oxygen atoms in total. The van der Waals surface area contributed by atoms with E-state index in [1.165, 1.54) is 16.2 Å². The van der Waals surface area contributed by atoms with Crippen LogP contribution in [0.4, 0.5) is 5.69 Å². The Labute approximate surface area is 220 Å². The molecule has 1 aromatic heterocycles. The molecule has 0 saturated carbocycles. The summed E-state index contributed by atoms with van der Waals surface area (Å²) < 4.78 is 10.6. The Balaban J connectivity index is 1.78. The Morgan fingerprint density at radius 2 is 1.78 bits per heavy atom. The molecule has 2 aromatic carbocycles. The average molecular weight is 520 g/mol. The molecule has 1 N–H and O–H groups in total. The maximum Gasteiger partial charge on any atom is 0.310 e. The van der Waals surface area contributed by atoms with E-state index in [2.05, 4.69) is 0 Å². The predicted molar refractivity (Wildman–Crippen MR) is 143 cm³/mol. The summed E-state index contributed by atoms with van der Waals surface area (Å²) in [7, 11) is 1.57. The van der Waals surface area contributed by atoms with Crippen molar-refractivity contribution in [1.29, 1.82) is 0 Å². The van der Waals surface area contributed by atoms with Crippen molar-refractivity contribution in [2.24, 2.45) is 0 Å². The lowest BCUT2D eigenvalue weighted by atomic mass is 9.95. The lowest BCUT2D eigenvalue weighted by molar-refractivity contribution is -0.146. The van der Waals surface area contributed by atoms with Gasteiger partial charge in [0.2, 0.25) is 0 Å². The van der Waals surface area contributed by atoms with E-state index in [9.17, 15) is 19.5 Å². The number of aryl methyl sites for hydroxylation is 2. The molecule has 1 fully saturated rings. The fraction of sp³-hybridized carbons (Fsp3) is 0.276. The number of anilines is 1. The number of ether oxygens (including phenoxy) is 2. The van der Waals surface area contributed by atoms with Crippen molar-refractivity contribution in [1.82, 2.24) is 0 Å². The van der Waals surface area contributed by atoms with E-state index in [0.29, 0.717) is 22.6 Å². The van der Waals surface area contributed by atoms with Gasteiger partial charge in [0.25, 0.3) is 11.7 Å². The highest BCUT2D eigenvalue weighted by Crippen LogP contribution is 2.44. The molecule has 0 bridgehead atoms. The van der Waals surface area contributed by atoms with Gasteiger partial charge in [-0.25, -0.2) is 0 Å². The number of amides is 1. The van der Waals surface area contributed by atoms with Crippen LogP contribution in [0, 0.1) is 13.8 Å². The van der Waals surface area contributed by atoms with Gasteiger partial charge in [0, 0.05) is 16.1 Å². The Morgan fingerprint density at radius 3 is 2.38 bits per heavy atom. The largest absolute Gasteiger partial charge is 0.507 e. The minimum absolute atomic E-state index is 0.0321. The number of thiophene rings is 1. The molecule has 4 rings (SSSR count). The van der Waals surface area contributed by atoms with Crippen molar-refractivity contribution < 1.29 is 29.0 Å². The average Bonchev–Trinajstić information content (AvgIpc) is 3.47. The van der Waals surface area contributed by atoms with Gasteiger partial charge >= 0.3 is 5.97 Å². The first-order valence-electron chi connectivity index (χ1n) is 11.9. The first-order chi connectivity index (χ1) is 17.6. The minimum Gasteiger partial charge on any atom is -0.507 e. The normalized spacial score (nSPS) is 16.9. The van der Waals surface area contributed by atoms with Crippen molar-refractivity contribution in [2.75, 3.05) is 12.0 Å². The van der Waals surface area contributed by atoms with Crippen molar-refractivity contribution in [3.8, 4) is 5.75 Å². The molecule has 1 saturated heterocycles. The molecule has 192 valence electrons. The second kappa shape index (κ2) is 10.6. The van der Waals surface area contributed by atoms with Crippen LogP contribution >= 0.6 is 11.3 Å². The van der Waals surface area contributed by atoms with Crippen LogP contribution in [0.1, 0.15) is 47.0 Å². The lowest BCUT2D eigenvalue weighted by Crippen LogP contribution is -2.29. The van der Waals surface area contributed by atoms with E-state index in [1.807, 2.05) is 31.4 Å². The number of carbonyl (C=O) groups excluding carboxylic acids is 3. The van der Waals surface area contributed by atoms with E-state index in [4.69, 9.17) is 9.47 Å². The minimum atomic E-state index is -0.793. The number of Topliss-reactive ketones (excluding diaryl/α,β-unsaturated/α-hetero) is 1. The number of benzene rings is 2. The molecular weight excluding hydrogens is 490 g/mol. The molecular formula is C29H29NO6S. The van der Waals surface area contributed by atoms with Crippen LogP contribution < -0.4 is 9.64 Å². The van der Waals surface area contributed by atoms with E-state index in [-0.39, 0.29) is 29.8 Å². The second-order valence-electron chi connectivity index (χ2n) is 9.20. The summed E-state index contributed by atoms with van der Waals surface area (Å²) in [6, 6.07) is 13.3. The molecule has 1 aliphatic rings. The quantitative estimate of drug-likeness (QED) is 0.192. The highest BCUT2D eigenvalue weighted by molar-refractivity contribution is 7.10. The number of ketones is 1. The van der Waals surface area contributed by atoms with Gasteiger partial charge in [-0.2, -0.15) is 0 Å². The van der Waals surface area contributed by atoms with Crippen molar-refractivity contribution >= 4 is 40.4 Å². The first kappa shape index (κ1) is 26.2. The number of esters is 1. The van der Waals surface area contributed by atoms with Crippen LogP contribution in [0.15, 0.2) is 59.5 Å². The van der Waals surface area contributed by atoms with Crippen LogP contribution in [0.5, 0.6) is 5.75 Å². The van der Waals surface area contributed by atoms with Gasteiger partial charge in [-0.3, -0.25) is 19.3 Å². The number of aliphatic hydroxyl groups excluding tert-OH is 1. The summed E-state index contributed by atoms with van der Waals surface area (Å²) >= 11 is 1.40. The number of aliphatic hydroxyl groups is 1. The van der Waals surface area contributed by atoms with Gasteiger partial charge in [0.05, 0.1) is 25.2 Å². The number of hydrogen-bond donors (Lipinski definition) is 1. The number of nitrogens with zero attached hydrogens (tertiary/aromatic N) is 1. The number of hydrogen-bond acceptors (Lipinski definition) is 7. The maximum absolute atomic E-state index is 13.4. The highest BCUT2D eigenvalue weighted by Gasteiger charge is 2.47. The Hall–Kier alpha value is -3.91. The smallest absolute Gasteiger partial charge is 0.310 e. The van der Waals surface area contributed by atoms with Gasteiger partial charge in [-0.05, 0) is 80.1 Å². The lowest BCUT2D eigenvalue weighted by Gasteiger charge is -2.24. The summed E-state index contributed by atoms with van der Waals surface area (Å²) in [5.74, 6) is -1.38. The fourth-order valence-corrected chi connectivity index (χ4v) is 5.29. The standard InChI is InChI=1S/C29H29NO6S/c1-16(2)36-24(31)15-19-8-10-20(11-9-19)30-26(23-7-6-12-37-23)25(28(33)29(30)34)27(32)21-13-18(4)22(35-5)14-17(21)3/h6-14,16,26,32H,15H2,1-5H3/b27-25-. The van der Waals surface area contributed by atoms with E-state index in [0.717, 1.165) is 16.0 Å². The van der Waals surface area contributed by atoms with E-state index < -0.39 is 17.7 Å². The monoisotopic (exact) mass is 519 g/mol. The zero-order valence-electron chi connectivity index (χ0n) is 21.4. The van der Waals surface area contributed by atoms with E-state index >= 15 is 0 Å². The third-order valence-electron chi connectivity index (χ3n) is 6.18. The molecule has 1 unspecified atom stereocenters. The van der Waals surface area contributed by atoms with Crippen molar-refractivity contribution in [2.45, 2.75) is 46.3 Å². The Morgan fingerprint density at radius 1 is 1.08 bits per heavy atom. The van der Waals surface area contributed by atoms with E-state index in [1.54, 1.807) is 57.4 Å². The number of carbonyl (C=O) groups is 3. The Kier molecular flexibility index (Phi) is 7.50. The molecule has 1 amide bonds. The maximum atomic E-state index is 13.4. The highest BCUT2D eigenvalue weighted by atomic mass is 32.1. The van der Waals surface area contributed by atoms with Crippen LogP contribution in [-0.2, 0) is 25.5 Å². The summed E-state index contributed by atoms with van der Waals surface area (Å²) in [5.41, 5.74) is 3.23. The molecule has 1 atom stereocenters. The van der Waals surface area contributed by atoms with Crippen molar-refractivity contribution in [3.05, 3.63) is 86.6 Å². The molecule has 2 heterocycles. The predicted octanol–water partition coefficient (Wildman–Crippen LogP) is 5.49. The van der Waals surface area contributed by atoms with Crippen molar-refractivity contribution in [3.63, 3.8) is 0 Å². The van der Waals surface area contributed by atoms with Gasteiger partial charge < -0.3 is 14.6 Å². The van der Waals surface area contributed by atoms with Gasteiger partial charge in [-0.1, -0.05) is 18.2 Å². The molecule has 37 heavy (non-hydrogen) atoms. The summed E-state index contributed by atoms with van der Waals surface area (Å²) in [5, 5.41) is 13.3. The molecule has 8 heteroatoms. The van der Waals surface area contributed by atoms with Crippen LogP contribution in [-0.4, -0.2) is 36.0 Å². The summed E-state index contributed by atoms with van der Waals surface area (Å²) in [6.07, 6.45) is -0.107. The van der Waals surface area contributed by atoms with Crippen LogP contribution in [0.3, 0.4) is 0 Å². The van der Waals surface area contributed by atoms with Crippen LogP contribution in [0.2, 0.25) is 0 Å². The molecule has 0 spiro atoms. The molecule has 0 radical (unpaired) electrons. The Bertz CT molecular complexity index is 1370. The third kappa shape index (κ3) is 5.15. The molecule has 0 aliphatic carbocycles. The van der Waals surface area contributed by atoms with Gasteiger partial charge in [0.1, 0.15) is 17.6 Å². The second-order valence-corrected chi connectivity index (χ2v) is 10.2. The third-order valence-corrected chi connectivity index (χ3v) is 7.11. The van der Waals surface area contributed by atoms with Crippen LogP contribution in [0.25, 0.3) is 5.76 Å². The SMILES string of the molecule is COc1cc(C)c(/C(O)=C2/C(=O)C(=O)N(c3ccc(CC(=O)OC(C)C)cc3)C2c2cccs2)cc1C. The zero-order chi connectivity index (χ0) is 26.9. The van der Waals surface area contributed by atoms with Gasteiger partial charge in [-0.15, -0.1) is 11.3 Å².